The van der Waals surface area contributed by atoms with Crippen LogP contribution in [-0.4, -0.2) is 37.2 Å². The Morgan fingerprint density at radius 3 is 2.45 bits per heavy atom. The molecule has 0 saturated heterocycles. The topological polar surface area (TPSA) is 76.8 Å². The van der Waals surface area contributed by atoms with E-state index in [1.165, 1.54) is 18.2 Å². The molecule has 0 N–H and O–H groups in total. The molecule has 0 radical (unpaired) electrons. The number of esters is 1. The zero-order chi connectivity index (χ0) is 21.4. The quantitative estimate of drug-likeness (QED) is 0.465. The van der Waals surface area contributed by atoms with E-state index in [4.69, 9.17) is 9.15 Å². The maximum atomic E-state index is 13.1. The van der Waals surface area contributed by atoms with E-state index in [-0.39, 0.29) is 29.8 Å². The van der Waals surface area contributed by atoms with Gasteiger partial charge in [-0.3, -0.25) is 9.59 Å². The van der Waals surface area contributed by atoms with Crippen LogP contribution in [0.3, 0.4) is 0 Å². The molecule has 29 heavy (non-hydrogen) atoms. The summed E-state index contributed by atoms with van der Waals surface area (Å²) in [6.07, 6.45) is 0.596. The van der Waals surface area contributed by atoms with E-state index in [9.17, 15) is 14.4 Å². The van der Waals surface area contributed by atoms with Crippen LogP contribution in [0.25, 0.3) is 0 Å². The van der Waals surface area contributed by atoms with Crippen molar-refractivity contribution >= 4 is 20.0 Å². The minimum absolute atomic E-state index is 0.0204. The summed E-state index contributed by atoms with van der Waals surface area (Å²) in [5.41, 5.74) is 2.18. The molecule has 7 heteroatoms. The van der Waals surface area contributed by atoms with Crippen molar-refractivity contribution in [2.24, 2.45) is 5.92 Å². The average Bonchev–Trinajstić information content (AvgIpc) is 2.71. The van der Waals surface area contributed by atoms with Crippen LogP contribution in [0.15, 0.2) is 70.0 Å². The van der Waals surface area contributed by atoms with Gasteiger partial charge >= 0.3 is 11.6 Å². The first-order chi connectivity index (χ1) is 13.7. The predicted molar refractivity (Wildman–Crippen MR) is 114 cm³/mol. The molecule has 1 heterocycles. The first kappa shape index (κ1) is 22.4. The van der Waals surface area contributed by atoms with E-state index in [0.717, 1.165) is 5.56 Å². The van der Waals surface area contributed by atoms with E-state index in [2.05, 4.69) is 6.58 Å². The van der Waals surface area contributed by atoms with Gasteiger partial charge in [-0.25, -0.2) is 4.79 Å². The molecule has 1 aromatic carbocycles. The Morgan fingerprint density at radius 2 is 1.86 bits per heavy atom. The van der Waals surface area contributed by atoms with Crippen molar-refractivity contribution in [3.05, 3.63) is 82.6 Å². The monoisotopic (exact) mass is 413 g/mol. The highest BCUT2D eigenvalue weighted by atomic mass is 28.3. The van der Waals surface area contributed by atoms with Crippen molar-refractivity contribution in [3.63, 3.8) is 0 Å². The average molecular weight is 414 g/mol. The Kier molecular flexibility index (Phi) is 7.72. The third kappa shape index (κ3) is 6.57. The number of hydrogen-bond donors (Lipinski definition) is 0. The molecule has 1 unspecified atom stereocenters. The molecule has 154 valence electrons. The second-order valence-electron chi connectivity index (χ2n) is 7.58. The van der Waals surface area contributed by atoms with Crippen LogP contribution in [0.4, 0.5) is 0 Å². The Morgan fingerprint density at radius 1 is 1.17 bits per heavy atom. The van der Waals surface area contributed by atoms with Crippen LogP contribution in [0.5, 0.6) is 0 Å². The van der Waals surface area contributed by atoms with Crippen molar-refractivity contribution in [2.45, 2.75) is 26.9 Å². The lowest BCUT2D eigenvalue weighted by Crippen LogP contribution is -2.50. The number of amides is 1. The van der Waals surface area contributed by atoms with Gasteiger partial charge in [-0.1, -0.05) is 62.5 Å². The van der Waals surface area contributed by atoms with Crippen LogP contribution >= 0.6 is 0 Å². The van der Waals surface area contributed by atoms with Gasteiger partial charge in [-0.05, 0) is 11.6 Å². The van der Waals surface area contributed by atoms with E-state index >= 15 is 0 Å². The Balaban J connectivity index is 2.27. The Bertz CT molecular complexity index is 909. The third-order valence-electron chi connectivity index (χ3n) is 4.47. The SMILES string of the molecule is C=C[Si](C)(COC(=O)C(C)C)CN(Cc1ccccc1)C(=O)c1cccc(=O)o1. The summed E-state index contributed by atoms with van der Waals surface area (Å²) in [5, 5.41) is 0. The van der Waals surface area contributed by atoms with Gasteiger partial charge in [0.25, 0.3) is 5.91 Å². The molecule has 0 saturated carbocycles. The molecular weight excluding hydrogens is 386 g/mol. The summed E-state index contributed by atoms with van der Waals surface area (Å²) in [6.45, 7) is 9.81. The molecule has 0 aliphatic carbocycles. The lowest BCUT2D eigenvalue weighted by atomic mass is 10.2. The predicted octanol–water partition coefficient (Wildman–Crippen LogP) is 3.36. The number of hydrogen-bond acceptors (Lipinski definition) is 5. The fourth-order valence-electron chi connectivity index (χ4n) is 2.67. The molecule has 0 bridgehead atoms. The summed E-state index contributed by atoms with van der Waals surface area (Å²) in [6, 6.07) is 13.8. The maximum absolute atomic E-state index is 13.1. The van der Waals surface area contributed by atoms with Gasteiger partial charge in [-0.2, -0.15) is 0 Å². The number of nitrogens with zero attached hydrogens (tertiary/aromatic N) is 1. The van der Waals surface area contributed by atoms with Crippen molar-refractivity contribution in [2.75, 3.05) is 12.4 Å². The summed E-state index contributed by atoms with van der Waals surface area (Å²) in [7, 11) is -2.35. The highest BCUT2D eigenvalue weighted by molar-refractivity contribution is 6.83. The lowest BCUT2D eigenvalue weighted by Gasteiger charge is -2.31. The van der Waals surface area contributed by atoms with E-state index in [1.54, 1.807) is 18.7 Å². The number of carbonyl (C=O) groups is 2. The summed E-state index contributed by atoms with van der Waals surface area (Å²) >= 11 is 0. The number of benzene rings is 1. The fourth-order valence-corrected chi connectivity index (χ4v) is 4.61. The summed E-state index contributed by atoms with van der Waals surface area (Å²) in [4.78, 5) is 38.2. The molecule has 2 rings (SSSR count). The molecule has 0 spiro atoms. The van der Waals surface area contributed by atoms with Crippen molar-refractivity contribution in [3.8, 4) is 0 Å². The molecule has 0 fully saturated rings. The molecule has 1 atom stereocenters. The third-order valence-corrected chi connectivity index (χ3v) is 7.36. The molecule has 0 aliphatic heterocycles. The van der Waals surface area contributed by atoms with E-state index in [0.29, 0.717) is 12.7 Å². The fraction of sp³-hybridized carbons (Fsp3) is 0.318. The van der Waals surface area contributed by atoms with Gasteiger partial charge in [-0.15, -0.1) is 6.58 Å². The Labute approximate surface area is 171 Å². The highest BCUT2D eigenvalue weighted by Crippen LogP contribution is 2.15. The molecular formula is C22H27NO5Si. The van der Waals surface area contributed by atoms with Gasteiger partial charge in [0.1, 0.15) is 8.07 Å². The molecule has 6 nitrogen and oxygen atoms in total. The maximum Gasteiger partial charge on any atom is 0.336 e. The summed E-state index contributed by atoms with van der Waals surface area (Å²) < 4.78 is 10.5. The smallest absolute Gasteiger partial charge is 0.336 e. The second-order valence-corrected chi connectivity index (χ2v) is 11.9. The zero-order valence-electron chi connectivity index (χ0n) is 17.1. The van der Waals surface area contributed by atoms with Gasteiger partial charge < -0.3 is 14.1 Å². The first-order valence-electron chi connectivity index (χ1n) is 9.48. The highest BCUT2D eigenvalue weighted by Gasteiger charge is 2.32. The van der Waals surface area contributed by atoms with Crippen LogP contribution in [0.1, 0.15) is 30.0 Å². The van der Waals surface area contributed by atoms with Crippen LogP contribution < -0.4 is 5.63 Å². The van der Waals surface area contributed by atoms with Gasteiger partial charge in [0.15, 0.2) is 5.76 Å². The molecule has 1 aromatic heterocycles. The number of ether oxygens (including phenoxy) is 1. The Hall–Kier alpha value is -2.93. The van der Waals surface area contributed by atoms with Crippen LogP contribution in [-0.2, 0) is 16.1 Å². The number of rotatable bonds is 9. The number of carbonyl (C=O) groups excluding carboxylic acids is 2. The largest absolute Gasteiger partial charge is 0.469 e. The minimum atomic E-state index is -2.35. The van der Waals surface area contributed by atoms with Crippen molar-refractivity contribution in [1.82, 2.24) is 4.90 Å². The zero-order valence-corrected chi connectivity index (χ0v) is 18.1. The minimum Gasteiger partial charge on any atom is -0.469 e. The second kappa shape index (κ2) is 10.0. The van der Waals surface area contributed by atoms with E-state index < -0.39 is 13.7 Å². The van der Waals surface area contributed by atoms with E-state index in [1.807, 2.05) is 42.6 Å². The first-order valence-corrected chi connectivity index (χ1v) is 12.5. The normalized spacial score (nSPS) is 12.8. The lowest BCUT2D eigenvalue weighted by molar-refractivity contribution is -0.145. The molecule has 0 aliphatic rings. The molecule has 2 aromatic rings. The standard InChI is InChI=1S/C22H27NO5Si/c1-5-29(4,16-27-22(26)17(2)3)15-23(14-18-10-7-6-8-11-18)21(25)19-12-9-13-20(24)28-19/h5-13,17H,1,14-16H2,2-4H3. The van der Waals surface area contributed by atoms with Crippen LogP contribution in [0, 0.1) is 5.92 Å². The van der Waals surface area contributed by atoms with Crippen LogP contribution in [0.2, 0.25) is 6.55 Å². The van der Waals surface area contributed by atoms with Crippen molar-refractivity contribution in [1.29, 1.82) is 0 Å². The van der Waals surface area contributed by atoms with Crippen molar-refractivity contribution < 1.29 is 18.7 Å². The molecule has 1 amide bonds. The van der Waals surface area contributed by atoms with Gasteiger partial charge in [0.2, 0.25) is 0 Å². The summed E-state index contributed by atoms with van der Waals surface area (Å²) in [5.74, 6) is -0.908. The van der Waals surface area contributed by atoms with Gasteiger partial charge in [0, 0.05) is 18.8 Å². The van der Waals surface area contributed by atoms with Gasteiger partial charge in [0.05, 0.1) is 12.1 Å².